The van der Waals surface area contributed by atoms with E-state index < -0.39 is 35.7 Å². The van der Waals surface area contributed by atoms with Gasteiger partial charge in [-0.2, -0.15) is 8.78 Å². The van der Waals surface area contributed by atoms with Gasteiger partial charge in [-0.05, 0) is 62.4 Å². The molecule has 0 bridgehead atoms. The number of esters is 1. The number of carbonyl (C=O) groups excluding carboxylic acids is 2. The third kappa shape index (κ3) is 6.80. The molecule has 0 aromatic heterocycles. The zero-order valence-electron chi connectivity index (χ0n) is 15.0. The van der Waals surface area contributed by atoms with Crippen LogP contribution in [0.3, 0.4) is 0 Å². The van der Waals surface area contributed by atoms with E-state index in [4.69, 9.17) is 9.47 Å². The second-order valence-electron chi connectivity index (χ2n) is 5.69. The molecule has 0 aliphatic carbocycles. The number of hydrogen-bond acceptors (Lipinski definition) is 5. The molecule has 2 aromatic carbocycles. The summed E-state index contributed by atoms with van der Waals surface area (Å²) in [6, 6.07) is 10.9. The lowest BCUT2D eigenvalue weighted by Crippen LogP contribution is -2.35. The first-order chi connectivity index (χ1) is 13.2. The number of rotatable bonds is 8. The Morgan fingerprint density at radius 1 is 0.964 bits per heavy atom. The minimum Gasteiger partial charge on any atom is -0.479 e. The number of ether oxygens (including phenoxy) is 2. The van der Waals surface area contributed by atoms with Gasteiger partial charge in [-0.1, -0.05) is 11.8 Å². The smallest absolute Gasteiger partial charge is 0.347 e. The van der Waals surface area contributed by atoms with Crippen LogP contribution in [-0.2, 0) is 14.3 Å². The number of hydrogen-bond donors (Lipinski definition) is 1. The van der Waals surface area contributed by atoms with Crippen molar-refractivity contribution in [3.8, 4) is 5.75 Å². The highest BCUT2D eigenvalue weighted by Crippen LogP contribution is 2.26. The fourth-order valence-electron chi connectivity index (χ4n) is 2.05. The Morgan fingerprint density at radius 2 is 1.57 bits per heavy atom. The molecule has 1 amide bonds. The highest BCUT2D eigenvalue weighted by molar-refractivity contribution is 7.99. The van der Waals surface area contributed by atoms with Crippen LogP contribution in [-0.4, -0.2) is 29.8 Å². The molecule has 1 N–H and O–H groups in total. The van der Waals surface area contributed by atoms with Gasteiger partial charge in [0, 0.05) is 10.6 Å². The predicted molar refractivity (Wildman–Crippen MR) is 99.0 cm³/mol. The normalized spacial score (nSPS) is 12.9. The maximum atomic E-state index is 12.9. The van der Waals surface area contributed by atoms with Crippen LogP contribution in [0.4, 0.5) is 18.9 Å². The number of benzene rings is 2. The van der Waals surface area contributed by atoms with Crippen LogP contribution in [0.2, 0.25) is 0 Å². The number of anilines is 1. The second kappa shape index (κ2) is 10.0. The van der Waals surface area contributed by atoms with Crippen molar-refractivity contribution in [2.45, 2.75) is 36.7 Å². The van der Waals surface area contributed by atoms with Gasteiger partial charge in [0.25, 0.3) is 11.7 Å². The van der Waals surface area contributed by atoms with Gasteiger partial charge in [0.15, 0.2) is 12.2 Å². The number of amides is 1. The van der Waals surface area contributed by atoms with E-state index in [1.807, 2.05) is 0 Å². The Labute approximate surface area is 164 Å². The van der Waals surface area contributed by atoms with Gasteiger partial charge >= 0.3 is 5.97 Å². The van der Waals surface area contributed by atoms with Crippen LogP contribution in [0.5, 0.6) is 5.75 Å². The largest absolute Gasteiger partial charge is 0.479 e. The van der Waals surface area contributed by atoms with Gasteiger partial charge in [-0.25, -0.2) is 9.18 Å². The van der Waals surface area contributed by atoms with E-state index >= 15 is 0 Å². The molecule has 0 aliphatic heterocycles. The molecule has 0 saturated heterocycles. The molecule has 2 atom stereocenters. The summed E-state index contributed by atoms with van der Waals surface area (Å²) in [6.07, 6.45) is -2.12. The summed E-state index contributed by atoms with van der Waals surface area (Å²) in [7, 11) is 0. The summed E-state index contributed by atoms with van der Waals surface area (Å²) in [5.41, 5.74) is 0.377. The molecular formula is C19H18F3NO4S. The van der Waals surface area contributed by atoms with E-state index in [2.05, 4.69) is 5.32 Å². The Kier molecular flexibility index (Phi) is 7.74. The minimum absolute atomic E-state index is 0.282. The Balaban J connectivity index is 1.85. The summed E-state index contributed by atoms with van der Waals surface area (Å²) >= 11 is 0.395. The number of carbonyl (C=O) groups is 2. The van der Waals surface area contributed by atoms with Gasteiger partial charge in [0.05, 0.1) is 0 Å². The van der Waals surface area contributed by atoms with E-state index in [0.29, 0.717) is 22.3 Å². The maximum absolute atomic E-state index is 12.9. The monoisotopic (exact) mass is 413 g/mol. The van der Waals surface area contributed by atoms with E-state index in [0.717, 1.165) is 0 Å². The molecule has 0 spiro atoms. The second-order valence-corrected chi connectivity index (χ2v) is 6.75. The molecule has 0 radical (unpaired) electrons. The topological polar surface area (TPSA) is 64.6 Å². The van der Waals surface area contributed by atoms with Crippen LogP contribution >= 0.6 is 11.8 Å². The Bertz CT molecular complexity index is 800. The van der Waals surface area contributed by atoms with Gasteiger partial charge in [0.1, 0.15) is 11.6 Å². The molecule has 150 valence electrons. The van der Waals surface area contributed by atoms with Crippen molar-refractivity contribution in [1.29, 1.82) is 0 Å². The van der Waals surface area contributed by atoms with Crippen LogP contribution in [0.15, 0.2) is 53.4 Å². The van der Waals surface area contributed by atoms with E-state index in [9.17, 15) is 22.8 Å². The molecule has 2 rings (SSSR count). The standard InChI is InChI=1S/C19H18F3NO4S/c1-11(17(24)23-14-5-9-16(10-6-14)28-19(21)22)27-18(25)12(2)26-15-7-3-13(20)4-8-15/h3-12,19H,1-2H3,(H,23,24)/t11-,12-/m1/s1. The predicted octanol–water partition coefficient (Wildman–Crippen LogP) is 4.48. The van der Waals surface area contributed by atoms with Crippen LogP contribution < -0.4 is 10.1 Å². The average molecular weight is 413 g/mol. The highest BCUT2D eigenvalue weighted by Gasteiger charge is 2.23. The number of halogens is 3. The zero-order valence-corrected chi connectivity index (χ0v) is 15.8. The van der Waals surface area contributed by atoms with Gasteiger partial charge in [-0.3, -0.25) is 4.79 Å². The van der Waals surface area contributed by atoms with Gasteiger partial charge in [-0.15, -0.1) is 0 Å². The first-order valence-electron chi connectivity index (χ1n) is 8.23. The molecule has 0 saturated carbocycles. The Hall–Kier alpha value is -2.68. The fourth-order valence-corrected chi connectivity index (χ4v) is 2.55. The molecule has 0 aliphatic rings. The van der Waals surface area contributed by atoms with Crippen molar-refractivity contribution >= 4 is 29.3 Å². The first kappa shape index (κ1) is 21.6. The highest BCUT2D eigenvalue weighted by atomic mass is 32.2. The Morgan fingerprint density at radius 3 is 2.14 bits per heavy atom. The third-order valence-corrected chi connectivity index (χ3v) is 4.19. The number of alkyl halides is 2. The van der Waals surface area contributed by atoms with E-state index in [1.165, 1.54) is 62.4 Å². The average Bonchev–Trinajstić information content (AvgIpc) is 2.64. The van der Waals surface area contributed by atoms with Gasteiger partial charge < -0.3 is 14.8 Å². The molecular weight excluding hydrogens is 395 g/mol. The third-order valence-electron chi connectivity index (χ3n) is 3.47. The molecule has 28 heavy (non-hydrogen) atoms. The van der Waals surface area contributed by atoms with Gasteiger partial charge in [0.2, 0.25) is 0 Å². The van der Waals surface area contributed by atoms with Crippen LogP contribution in [0.1, 0.15) is 13.8 Å². The fraction of sp³-hybridized carbons (Fsp3) is 0.263. The molecule has 9 heteroatoms. The maximum Gasteiger partial charge on any atom is 0.347 e. The summed E-state index contributed by atoms with van der Waals surface area (Å²) < 4.78 is 47.9. The summed E-state index contributed by atoms with van der Waals surface area (Å²) in [5.74, 6) is -4.04. The van der Waals surface area contributed by atoms with Crippen molar-refractivity contribution in [2.75, 3.05) is 5.32 Å². The van der Waals surface area contributed by atoms with Crippen molar-refractivity contribution < 1.29 is 32.2 Å². The summed E-state index contributed by atoms with van der Waals surface area (Å²) in [5, 5.41) is 2.53. The van der Waals surface area contributed by atoms with Crippen molar-refractivity contribution in [1.82, 2.24) is 0 Å². The van der Waals surface area contributed by atoms with Crippen LogP contribution in [0, 0.1) is 5.82 Å². The van der Waals surface area contributed by atoms with Crippen molar-refractivity contribution in [3.63, 3.8) is 0 Å². The molecule has 2 aromatic rings. The number of nitrogens with one attached hydrogen (secondary N) is 1. The molecule has 5 nitrogen and oxygen atoms in total. The van der Waals surface area contributed by atoms with Crippen molar-refractivity contribution in [2.24, 2.45) is 0 Å². The summed E-state index contributed by atoms with van der Waals surface area (Å²) in [6.45, 7) is 2.83. The molecule has 0 heterocycles. The lowest BCUT2D eigenvalue weighted by molar-refractivity contribution is -0.159. The first-order valence-corrected chi connectivity index (χ1v) is 9.11. The van der Waals surface area contributed by atoms with E-state index in [-0.39, 0.29) is 5.75 Å². The number of thioether (sulfide) groups is 1. The van der Waals surface area contributed by atoms with Crippen LogP contribution in [0.25, 0.3) is 0 Å². The van der Waals surface area contributed by atoms with Crippen molar-refractivity contribution in [3.05, 3.63) is 54.3 Å². The van der Waals surface area contributed by atoms with E-state index in [1.54, 1.807) is 0 Å². The quantitative estimate of drug-likeness (QED) is 0.511. The lowest BCUT2D eigenvalue weighted by atomic mass is 10.3. The molecule has 0 fully saturated rings. The lowest BCUT2D eigenvalue weighted by Gasteiger charge is -2.18. The minimum atomic E-state index is -2.53. The molecule has 0 unspecified atom stereocenters. The SMILES string of the molecule is C[C@@H](OC(=O)[C@@H](C)Oc1ccc(F)cc1)C(=O)Nc1ccc(SC(F)F)cc1. The summed E-state index contributed by atoms with van der Waals surface area (Å²) in [4.78, 5) is 24.5. The zero-order chi connectivity index (χ0) is 20.7.